The summed E-state index contributed by atoms with van der Waals surface area (Å²) in [6.07, 6.45) is 1.17. The van der Waals surface area contributed by atoms with Crippen molar-refractivity contribution in [2.24, 2.45) is 0 Å². The Labute approximate surface area is 95.2 Å². The number of rotatable bonds is 4. The Balaban J connectivity index is 3.39. The van der Waals surface area contributed by atoms with Gasteiger partial charge in [0.1, 0.15) is 11.4 Å². The van der Waals surface area contributed by atoms with Gasteiger partial charge in [-0.25, -0.2) is 8.42 Å². The Bertz CT molecular complexity index is 476. The molecule has 0 aliphatic carbocycles. The molecule has 0 radical (unpaired) electrons. The number of aromatic nitrogens is 3. The molecule has 0 aromatic carbocycles. The molecule has 6 nitrogen and oxygen atoms in total. The number of aliphatic hydroxyl groups is 1. The zero-order valence-corrected chi connectivity index (χ0v) is 10.7. The minimum absolute atomic E-state index is 0.249. The van der Waals surface area contributed by atoms with E-state index in [1.54, 1.807) is 18.4 Å². The molecule has 0 unspecified atom stereocenters. The van der Waals surface area contributed by atoms with Gasteiger partial charge < -0.3 is 9.67 Å². The third-order valence-electron chi connectivity index (χ3n) is 2.75. The van der Waals surface area contributed by atoms with Crippen LogP contribution in [0.4, 0.5) is 0 Å². The normalized spacial score (nSPS) is 13.1. The average molecular weight is 247 g/mol. The van der Waals surface area contributed by atoms with Crippen molar-refractivity contribution in [3.63, 3.8) is 0 Å². The predicted molar refractivity (Wildman–Crippen MR) is 59.5 cm³/mol. The fourth-order valence-corrected chi connectivity index (χ4v) is 1.88. The maximum Gasteiger partial charge on any atom is 0.159 e. The minimum Gasteiger partial charge on any atom is -0.388 e. The Morgan fingerprint density at radius 1 is 1.38 bits per heavy atom. The zero-order chi connectivity index (χ0) is 12.6. The van der Waals surface area contributed by atoms with Gasteiger partial charge in [0.05, 0.1) is 0 Å². The van der Waals surface area contributed by atoms with E-state index >= 15 is 0 Å². The summed E-state index contributed by atoms with van der Waals surface area (Å²) in [5.41, 5.74) is 0. The van der Waals surface area contributed by atoms with Gasteiger partial charge >= 0.3 is 0 Å². The zero-order valence-electron chi connectivity index (χ0n) is 9.93. The van der Waals surface area contributed by atoms with Crippen LogP contribution in [-0.4, -0.2) is 34.5 Å². The Morgan fingerprint density at radius 3 is 2.31 bits per heavy atom. The van der Waals surface area contributed by atoms with E-state index in [1.165, 1.54) is 6.26 Å². The van der Waals surface area contributed by atoms with Gasteiger partial charge in [0, 0.05) is 12.8 Å². The van der Waals surface area contributed by atoms with Crippen LogP contribution in [0.5, 0.6) is 0 Å². The number of aliphatic hydroxyl groups excluding tert-OH is 1. The molecule has 1 N–H and O–H groups in total. The third-order valence-corrected chi connectivity index (χ3v) is 4.79. The van der Waals surface area contributed by atoms with E-state index in [9.17, 15) is 8.42 Å². The first-order chi connectivity index (χ1) is 7.25. The van der Waals surface area contributed by atoms with Gasteiger partial charge in [-0.05, 0) is 20.8 Å². The second-order valence-electron chi connectivity index (χ2n) is 4.12. The van der Waals surface area contributed by atoms with Crippen LogP contribution in [0.3, 0.4) is 0 Å². The summed E-state index contributed by atoms with van der Waals surface area (Å²) in [5.74, 6) is 0.746. The van der Waals surface area contributed by atoms with Crippen molar-refractivity contribution in [3.8, 4) is 0 Å². The fourth-order valence-electron chi connectivity index (χ4n) is 1.40. The van der Waals surface area contributed by atoms with Crippen molar-refractivity contribution in [2.45, 2.75) is 38.7 Å². The highest BCUT2D eigenvalue weighted by Crippen LogP contribution is 2.27. The number of sulfone groups is 1. The van der Waals surface area contributed by atoms with E-state index in [0.29, 0.717) is 18.2 Å². The van der Waals surface area contributed by atoms with Crippen molar-refractivity contribution < 1.29 is 13.5 Å². The van der Waals surface area contributed by atoms with E-state index in [0.717, 1.165) is 0 Å². The van der Waals surface area contributed by atoms with Gasteiger partial charge in [-0.2, -0.15) is 0 Å². The highest BCUT2D eigenvalue weighted by Gasteiger charge is 2.37. The van der Waals surface area contributed by atoms with Crippen molar-refractivity contribution >= 4 is 9.84 Å². The lowest BCUT2D eigenvalue weighted by atomic mass is 10.2. The SMILES string of the molecule is CCn1c(CO)nnc1C(C)(C)S(C)(=O)=O. The van der Waals surface area contributed by atoms with Crippen LogP contribution < -0.4 is 0 Å². The lowest BCUT2D eigenvalue weighted by molar-refractivity contribution is 0.264. The van der Waals surface area contributed by atoms with Gasteiger partial charge in [0.15, 0.2) is 21.5 Å². The smallest absolute Gasteiger partial charge is 0.159 e. The van der Waals surface area contributed by atoms with Crippen LogP contribution in [0.25, 0.3) is 0 Å². The minimum atomic E-state index is -3.29. The van der Waals surface area contributed by atoms with Crippen molar-refractivity contribution in [2.75, 3.05) is 6.26 Å². The highest BCUT2D eigenvalue weighted by molar-refractivity contribution is 7.91. The van der Waals surface area contributed by atoms with E-state index in [1.807, 2.05) is 6.92 Å². The summed E-state index contributed by atoms with van der Waals surface area (Å²) in [4.78, 5) is 0. The molecule has 0 fully saturated rings. The quantitative estimate of drug-likeness (QED) is 0.813. The van der Waals surface area contributed by atoms with E-state index in [4.69, 9.17) is 5.11 Å². The largest absolute Gasteiger partial charge is 0.388 e. The summed E-state index contributed by atoms with van der Waals surface area (Å²) in [6.45, 7) is 5.29. The molecule has 92 valence electrons. The van der Waals surface area contributed by atoms with Crippen molar-refractivity contribution in [1.82, 2.24) is 14.8 Å². The molecular weight excluding hydrogens is 230 g/mol. The summed E-state index contributed by atoms with van der Waals surface area (Å²) < 4.78 is 23.9. The Morgan fingerprint density at radius 2 is 1.94 bits per heavy atom. The molecule has 0 bridgehead atoms. The molecule has 1 heterocycles. The maximum absolute atomic E-state index is 11.7. The second-order valence-corrected chi connectivity index (χ2v) is 6.69. The van der Waals surface area contributed by atoms with Crippen molar-refractivity contribution in [3.05, 3.63) is 11.6 Å². The molecule has 7 heteroatoms. The summed E-state index contributed by atoms with van der Waals surface area (Å²) in [7, 11) is -3.29. The monoisotopic (exact) mass is 247 g/mol. The van der Waals surface area contributed by atoms with Crippen molar-refractivity contribution in [1.29, 1.82) is 0 Å². The molecule has 16 heavy (non-hydrogen) atoms. The lowest BCUT2D eigenvalue weighted by Gasteiger charge is -2.22. The van der Waals surface area contributed by atoms with Crippen LogP contribution in [0.1, 0.15) is 32.4 Å². The van der Waals surface area contributed by atoms with Gasteiger partial charge in [-0.15, -0.1) is 10.2 Å². The lowest BCUT2D eigenvalue weighted by Crippen LogP contribution is -2.32. The van der Waals surface area contributed by atoms with Crippen LogP contribution in [0.15, 0.2) is 0 Å². The average Bonchev–Trinajstić information content (AvgIpc) is 2.58. The van der Waals surface area contributed by atoms with Gasteiger partial charge in [0.2, 0.25) is 0 Å². The Hall–Kier alpha value is -0.950. The van der Waals surface area contributed by atoms with E-state index in [-0.39, 0.29) is 6.61 Å². The molecule has 0 saturated carbocycles. The van der Waals surface area contributed by atoms with Gasteiger partial charge in [0.25, 0.3) is 0 Å². The van der Waals surface area contributed by atoms with Crippen LogP contribution in [0.2, 0.25) is 0 Å². The van der Waals surface area contributed by atoms with E-state index in [2.05, 4.69) is 10.2 Å². The first kappa shape index (κ1) is 13.1. The molecule has 1 rings (SSSR count). The van der Waals surface area contributed by atoms with E-state index < -0.39 is 14.6 Å². The van der Waals surface area contributed by atoms with Crippen LogP contribution >= 0.6 is 0 Å². The molecule has 1 aromatic rings. The molecule has 0 saturated heterocycles. The molecule has 0 amide bonds. The van der Waals surface area contributed by atoms with Gasteiger partial charge in [-0.1, -0.05) is 0 Å². The third kappa shape index (κ3) is 1.97. The highest BCUT2D eigenvalue weighted by atomic mass is 32.2. The molecule has 0 atom stereocenters. The molecule has 0 aliphatic rings. The first-order valence-electron chi connectivity index (χ1n) is 4.98. The summed E-state index contributed by atoms with van der Waals surface area (Å²) in [6, 6.07) is 0. The standard InChI is InChI=1S/C9H17N3O3S/c1-5-12-7(6-13)10-11-8(12)9(2,3)16(4,14)15/h13H,5-6H2,1-4H3. The topological polar surface area (TPSA) is 85.1 Å². The number of hydrogen-bond acceptors (Lipinski definition) is 5. The number of nitrogens with zero attached hydrogens (tertiary/aromatic N) is 3. The summed E-state index contributed by atoms with van der Waals surface area (Å²) in [5, 5.41) is 16.7. The fraction of sp³-hybridized carbons (Fsp3) is 0.778. The second kappa shape index (κ2) is 4.14. The van der Waals surface area contributed by atoms with Crippen LogP contribution in [-0.2, 0) is 27.7 Å². The molecule has 1 aromatic heterocycles. The number of hydrogen-bond donors (Lipinski definition) is 1. The molecule has 0 aliphatic heterocycles. The first-order valence-corrected chi connectivity index (χ1v) is 6.87. The molecule has 0 spiro atoms. The Kier molecular flexibility index (Phi) is 3.39. The van der Waals surface area contributed by atoms with Crippen LogP contribution in [0, 0.1) is 0 Å². The molecular formula is C9H17N3O3S. The maximum atomic E-state index is 11.7. The summed E-state index contributed by atoms with van der Waals surface area (Å²) >= 11 is 0. The predicted octanol–water partition coefficient (Wildman–Crippen LogP) is 0.0700. The van der Waals surface area contributed by atoms with Gasteiger partial charge in [-0.3, -0.25) is 0 Å².